The number of nitrogens with one attached hydrogen (secondary N) is 2. The van der Waals surface area contributed by atoms with Crippen LogP contribution in [0.4, 0.5) is 5.69 Å². The molecule has 0 heterocycles. The van der Waals surface area contributed by atoms with E-state index in [0.29, 0.717) is 31.0 Å². The summed E-state index contributed by atoms with van der Waals surface area (Å²) in [5.74, 6) is 0.267. The summed E-state index contributed by atoms with van der Waals surface area (Å²) in [6, 6.07) is 19.1. The van der Waals surface area contributed by atoms with Crippen LogP contribution < -0.4 is 15.4 Å². The molecule has 0 aliphatic heterocycles. The Kier molecular flexibility index (Phi) is 7.08. The fourth-order valence-corrected chi connectivity index (χ4v) is 2.23. The maximum Gasteiger partial charge on any atom is 0.263 e. The molecule has 5 nitrogen and oxygen atoms in total. The monoisotopic (exact) mass is 335 g/mol. The van der Waals surface area contributed by atoms with Crippen LogP contribution in [0, 0.1) is 11.3 Å². The molecular formula is C20H21N3O2. The third kappa shape index (κ3) is 5.70. The van der Waals surface area contributed by atoms with Gasteiger partial charge in [-0.3, -0.25) is 4.79 Å². The molecule has 0 bridgehead atoms. The minimum absolute atomic E-state index is 0.0133. The lowest BCUT2D eigenvalue weighted by atomic mass is 10.1. The van der Waals surface area contributed by atoms with Gasteiger partial charge in [0.2, 0.25) is 0 Å². The number of carbonyl (C=O) groups is 1. The van der Waals surface area contributed by atoms with E-state index in [1.807, 2.05) is 67.6 Å². The highest BCUT2D eigenvalue weighted by Gasteiger charge is 2.09. The summed E-state index contributed by atoms with van der Waals surface area (Å²) in [6.45, 7) is 2.90. The number of rotatable bonds is 8. The van der Waals surface area contributed by atoms with Crippen molar-refractivity contribution in [2.45, 2.75) is 13.3 Å². The smallest absolute Gasteiger partial charge is 0.263 e. The number of hydrogen-bond donors (Lipinski definition) is 2. The van der Waals surface area contributed by atoms with E-state index >= 15 is 0 Å². The Labute approximate surface area is 147 Å². The third-order valence-corrected chi connectivity index (χ3v) is 3.47. The summed E-state index contributed by atoms with van der Waals surface area (Å²) in [5, 5.41) is 14.9. The van der Waals surface area contributed by atoms with Gasteiger partial charge >= 0.3 is 0 Å². The van der Waals surface area contributed by atoms with Crippen molar-refractivity contribution in [1.82, 2.24) is 5.32 Å². The number of ether oxygens (including phenoxy) is 1. The molecule has 0 unspecified atom stereocenters. The maximum atomic E-state index is 12.1. The highest BCUT2D eigenvalue weighted by Crippen LogP contribution is 2.23. The van der Waals surface area contributed by atoms with Crippen LogP contribution in [0.5, 0.6) is 5.75 Å². The Hall–Kier alpha value is -3.26. The van der Waals surface area contributed by atoms with Crippen LogP contribution in [0.1, 0.15) is 12.5 Å². The maximum absolute atomic E-state index is 12.1. The molecule has 0 aliphatic rings. The lowest BCUT2D eigenvalue weighted by Crippen LogP contribution is -2.27. The van der Waals surface area contributed by atoms with Crippen molar-refractivity contribution in [3.05, 3.63) is 71.9 Å². The van der Waals surface area contributed by atoms with Crippen molar-refractivity contribution >= 4 is 11.6 Å². The van der Waals surface area contributed by atoms with Crippen LogP contribution in [0.3, 0.4) is 0 Å². The Morgan fingerprint density at radius 1 is 1.16 bits per heavy atom. The molecule has 0 radical (unpaired) electrons. The summed E-state index contributed by atoms with van der Waals surface area (Å²) in [4.78, 5) is 12.1. The van der Waals surface area contributed by atoms with Crippen LogP contribution in [-0.4, -0.2) is 19.1 Å². The van der Waals surface area contributed by atoms with Gasteiger partial charge in [0, 0.05) is 12.7 Å². The van der Waals surface area contributed by atoms with Crippen LogP contribution in [0.25, 0.3) is 0 Å². The first-order chi connectivity index (χ1) is 12.2. The van der Waals surface area contributed by atoms with Gasteiger partial charge in [0.15, 0.2) is 0 Å². The van der Waals surface area contributed by atoms with Gasteiger partial charge < -0.3 is 15.4 Å². The molecule has 0 saturated heterocycles. The predicted molar refractivity (Wildman–Crippen MR) is 98.1 cm³/mol. The fourth-order valence-electron chi connectivity index (χ4n) is 2.23. The Morgan fingerprint density at radius 3 is 2.60 bits per heavy atom. The number of nitrogens with zero attached hydrogens (tertiary/aromatic N) is 1. The number of amides is 1. The highest BCUT2D eigenvalue weighted by atomic mass is 16.5. The summed E-state index contributed by atoms with van der Waals surface area (Å²) >= 11 is 0. The second kappa shape index (κ2) is 9.78. The number of nitriles is 1. The molecule has 0 atom stereocenters. The van der Waals surface area contributed by atoms with Crippen molar-refractivity contribution in [1.29, 1.82) is 5.26 Å². The zero-order valence-corrected chi connectivity index (χ0v) is 14.2. The molecule has 2 N–H and O–H groups in total. The van der Waals surface area contributed by atoms with E-state index in [2.05, 4.69) is 10.6 Å². The molecule has 0 saturated carbocycles. The van der Waals surface area contributed by atoms with Gasteiger partial charge in [-0.2, -0.15) is 5.26 Å². The van der Waals surface area contributed by atoms with Crippen molar-refractivity contribution in [3.8, 4) is 11.8 Å². The van der Waals surface area contributed by atoms with Crippen LogP contribution in [-0.2, 0) is 11.2 Å². The SMILES string of the molecule is CCOc1ccccc1N/C=C(/C#N)C(=O)NCCc1ccccc1. The van der Waals surface area contributed by atoms with Crippen molar-refractivity contribution < 1.29 is 9.53 Å². The second-order valence-electron chi connectivity index (χ2n) is 5.23. The van der Waals surface area contributed by atoms with Gasteiger partial charge in [-0.05, 0) is 31.0 Å². The zero-order valence-electron chi connectivity index (χ0n) is 14.2. The first-order valence-corrected chi connectivity index (χ1v) is 8.15. The molecule has 0 aromatic heterocycles. The lowest BCUT2D eigenvalue weighted by Gasteiger charge is -2.10. The average molecular weight is 335 g/mol. The van der Waals surface area contributed by atoms with E-state index in [-0.39, 0.29) is 5.57 Å². The van der Waals surface area contributed by atoms with Gasteiger partial charge in [-0.25, -0.2) is 0 Å². The molecule has 1 amide bonds. The lowest BCUT2D eigenvalue weighted by molar-refractivity contribution is -0.117. The predicted octanol–water partition coefficient (Wildman–Crippen LogP) is 3.26. The molecule has 128 valence electrons. The van der Waals surface area contributed by atoms with Gasteiger partial charge in [0.25, 0.3) is 5.91 Å². The summed E-state index contributed by atoms with van der Waals surface area (Å²) < 4.78 is 5.50. The molecule has 0 aliphatic carbocycles. The standard InChI is InChI=1S/C20H21N3O2/c1-2-25-19-11-7-6-10-18(19)23-15-17(14-21)20(24)22-13-12-16-8-4-3-5-9-16/h3-11,15,23H,2,12-13H2,1H3,(H,22,24)/b17-15-. The van der Waals surface area contributed by atoms with Crippen LogP contribution >= 0.6 is 0 Å². The number of para-hydroxylation sites is 2. The van der Waals surface area contributed by atoms with Gasteiger partial charge in [0.1, 0.15) is 17.4 Å². The number of benzene rings is 2. The summed E-state index contributed by atoms with van der Waals surface area (Å²) in [6.07, 6.45) is 2.11. The molecule has 0 spiro atoms. The fraction of sp³-hybridized carbons (Fsp3) is 0.200. The average Bonchev–Trinajstić information content (AvgIpc) is 2.64. The van der Waals surface area contributed by atoms with E-state index in [1.54, 1.807) is 0 Å². The molecule has 2 aromatic rings. The molecular weight excluding hydrogens is 314 g/mol. The van der Waals surface area contributed by atoms with E-state index in [4.69, 9.17) is 4.74 Å². The van der Waals surface area contributed by atoms with Gasteiger partial charge in [-0.1, -0.05) is 42.5 Å². The third-order valence-electron chi connectivity index (χ3n) is 3.47. The van der Waals surface area contributed by atoms with E-state index < -0.39 is 5.91 Å². The minimum Gasteiger partial charge on any atom is -0.492 e. The van der Waals surface area contributed by atoms with Crippen LogP contribution in [0.15, 0.2) is 66.4 Å². The Morgan fingerprint density at radius 2 is 1.88 bits per heavy atom. The van der Waals surface area contributed by atoms with Gasteiger partial charge in [0.05, 0.1) is 12.3 Å². The zero-order chi connectivity index (χ0) is 17.9. The van der Waals surface area contributed by atoms with E-state index in [1.165, 1.54) is 6.20 Å². The largest absolute Gasteiger partial charge is 0.492 e. The Bertz CT molecular complexity index is 764. The summed E-state index contributed by atoms with van der Waals surface area (Å²) in [7, 11) is 0. The van der Waals surface area contributed by atoms with Crippen molar-refractivity contribution in [2.75, 3.05) is 18.5 Å². The molecule has 2 rings (SSSR count). The number of anilines is 1. The van der Waals surface area contributed by atoms with E-state index in [0.717, 1.165) is 5.56 Å². The van der Waals surface area contributed by atoms with Crippen LogP contribution in [0.2, 0.25) is 0 Å². The number of hydrogen-bond acceptors (Lipinski definition) is 4. The quantitative estimate of drug-likeness (QED) is 0.573. The van der Waals surface area contributed by atoms with E-state index in [9.17, 15) is 10.1 Å². The number of carbonyl (C=O) groups excluding carboxylic acids is 1. The highest BCUT2D eigenvalue weighted by molar-refractivity contribution is 5.97. The van der Waals surface area contributed by atoms with Gasteiger partial charge in [-0.15, -0.1) is 0 Å². The second-order valence-corrected chi connectivity index (χ2v) is 5.23. The van der Waals surface area contributed by atoms with Crippen molar-refractivity contribution in [3.63, 3.8) is 0 Å². The first kappa shape index (κ1) is 18.1. The normalized spacial score (nSPS) is 10.6. The first-order valence-electron chi connectivity index (χ1n) is 8.15. The summed E-state index contributed by atoms with van der Waals surface area (Å²) in [5.41, 5.74) is 1.85. The molecule has 25 heavy (non-hydrogen) atoms. The topological polar surface area (TPSA) is 74.1 Å². The Balaban J connectivity index is 1.93. The van der Waals surface area contributed by atoms with Crippen molar-refractivity contribution in [2.24, 2.45) is 0 Å². The molecule has 2 aromatic carbocycles. The molecule has 5 heteroatoms. The molecule has 0 fully saturated rings. The minimum atomic E-state index is -0.403.